The average molecular weight is 472 g/mol. The lowest BCUT2D eigenvalue weighted by atomic mass is 10.3. The molecule has 9 heteroatoms. The van der Waals surface area contributed by atoms with Gasteiger partial charge in [0.25, 0.3) is 10.0 Å². The first-order valence-corrected chi connectivity index (χ1v) is 12.5. The van der Waals surface area contributed by atoms with Crippen LogP contribution >= 0.6 is 11.8 Å². The largest absolute Gasteiger partial charge is 0.494 e. The van der Waals surface area contributed by atoms with Gasteiger partial charge in [-0.25, -0.2) is 13.4 Å². The Hall–Kier alpha value is -3.04. The minimum absolute atomic E-state index is 0.118. The van der Waals surface area contributed by atoms with Crippen molar-refractivity contribution in [2.45, 2.75) is 16.8 Å². The fourth-order valence-electron chi connectivity index (χ4n) is 2.87. The smallest absolute Gasteiger partial charge is 0.264 e. The number of ether oxygens (including phenoxy) is 1. The van der Waals surface area contributed by atoms with Gasteiger partial charge in [0.05, 0.1) is 22.2 Å². The summed E-state index contributed by atoms with van der Waals surface area (Å²) < 4.78 is 33.1. The molecule has 0 saturated heterocycles. The van der Waals surface area contributed by atoms with Crippen LogP contribution in [0.15, 0.2) is 88.9 Å². The molecular formula is C23H25N3O4S2. The van der Waals surface area contributed by atoms with Crippen LogP contribution in [0.3, 0.4) is 0 Å². The van der Waals surface area contributed by atoms with Gasteiger partial charge in [-0.05, 0) is 55.5 Å². The molecular weight excluding hydrogens is 446 g/mol. The summed E-state index contributed by atoms with van der Waals surface area (Å²) in [5.74, 6) is 0.862. The second kappa shape index (κ2) is 11.5. The van der Waals surface area contributed by atoms with E-state index in [-0.39, 0.29) is 17.3 Å². The van der Waals surface area contributed by atoms with Crippen molar-refractivity contribution >= 4 is 33.4 Å². The lowest BCUT2D eigenvalue weighted by Crippen LogP contribution is -2.41. The molecule has 2 aromatic carbocycles. The molecule has 3 rings (SSSR count). The molecule has 0 atom stereocenters. The molecule has 0 saturated carbocycles. The van der Waals surface area contributed by atoms with Gasteiger partial charge in [-0.3, -0.25) is 9.10 Å². The van der Waals surface area contributed by atoms with E-state index in [9.17, 15) is 13.2 Å². The van der Waals surface area contributed by atoms with Crippen LogP contribution in [0, 0.1) is 0 Å². The minimum Gasteiger partial charge on any atom is -0.494 e. The number of amides is 1. The molecule has 0 bridgehead atoms. The summed E-state index contributed by atoms with van der Waals surface area (Å²) in [7, 11) is -3.93. The number of pyridine rings is 1. The topological polar surface area (TPSA) is 88.6 Å². The summed E-state index contributed by atoms with van der Waals surface area (Å²) in [5, 5.41) is 3.66. The molecule has 3 aromatic rings. The number of hydrogen-bond donors (Lipinski definition) is 1. The van der Waals surface area contributed by atoms with Gasteiger partial charge in [-0.1, -0.05) is 24.3 Å². The van der Waals surface area contributed by atoms with Gasteiger partial charge in [0.1, 0.15) is 12.3 Å². The normalized spacial score (nSPS) is 11.0. The second-order valence-corrected chi connectivity index (χ2v) is 9.60. The Bertz CT molecular complexity index is 1090. The fourth-order valence-corrected chi connectivity index (χ4v) is 5.04. The third kappa shape index (κ3) is 6.48. The monoisotopic (exact) mass is 471 g/mol. The number of nitrogens with one attached hydrogen (secondary N) is 1. The highest BCUT2D eigenvalue weighted by Crippen LogP contribution is 2.25. The van der Waals surface area contributed by atoms with Gasteiger partial charge < -0.3 is 10.1 Å². The van der Waals surface area contributed by atoms with Crippen molar-refractivity contribution in [1.29, 1.82) is 0 Å². The highest BCUT2D eigenvalue weighted by Gasteiger charge is 2.27. The number of aromatic nitrogens is 1. The van der Waals surface area contributed by atoms with Gasteiger partial charge in [0.15, 0.2) is 0 Å². The molecule has 1 N–H and O–H groups in total. The number of benzene rings is 2. The average Bonchev–Trinajstić information content (AvgIpc) is 2.82. The van der Waals surface area contributed by atoms with Crippen LogP contribution in [-0.2, 0) is 14.8 Å². The first-order chi connectivity index (χ1) is 15.5. The molecule has 0 fully saturated rings. The molecule has 0 spiro atoms. The predicted octanol–water partition coefficient (Wildman–Crippen LogP) is 3.58. The van der Waals surface area contributed by atoms with Crippen LogP contribution in [0.1, 0.15) is 6.92 Å². The number of carbonyl (C=O) groups is 1. The number of nitrogens with zero attached hydrogens (tertiary/aromatic N) is 2. The number of anilines is 1. The Morgan fingerprint density at radius 2 is 1.75 bits per heavy atom. The molecule has 7 nitrogen and oxygen atoms in total. The third-order valence-corrected chi connectivity index (χ3v) is 7.10. The van der Waals surface area contributed by atoms with Crippen molar-refractivity contribution in [3.8, 4) is 5.75 Å². The van der Waals surface area contributed by atoms with E-state index < -0.39 is 10.0 Å². The summed E-state index contributed by atoms with van der Waals surface area (Å²) in [5.41, 5.74) is 0.385. The number of thioether (sulfide) groups is 1. The zero-order valence-electron chi connectivity index (χ0n) is 17.7. The van der Waals surface area contributed by atoms with Crippen molar-refractivity contribution in [2.24, 2.45) is 0 Å². The van der Waals surface area contributed by atoms with Gasteiger partial charge in [-0.15, -0.1) is 11.8 Å². The molecule has 168 valence electrons. The first kappa shape index (κ1) is 23.6. The van der Waals surface area contributed by atoms with E-state index in [2.05, 4.69) is 10.3 Å². The Morgan fingerprint density at radius 3 is 2.41 bits per heavy atom. The lowest BCUT2D eigenvalue weighted by molar-refractivity contribution is -0.119. The van der Waals surface area contributed by atoms with E-state index in [1.807, 2.05) is 25.1 Å². The predicted molar refractivity (Wildman–Crippen MR) is 127 cm³/mol. The molecule has 1 aromatic heterocycles. The zero-order chi connectivity index (χ0) is 22.8. The van der Waals surface area contributed by atoms with Gasteiger partial charge in [-0.2, -0.15) is 0 Å². The van der Waals surface area contributed by atoms with E-state index in [4.69, 9.17) is 4.74 Å². The van der Waals surface area contributed by atoms with Gasteiger partial charge in [0.2, 0.25) is 5.91 Å². The number of sulfonamides is 1. The summed E-state index contributed by atoms with van der Waals surface area (Å²) in [6, 6.07) is 20.4. The summed E-state index contributed by atoms with van der Waals surface area (Å²) >= 11 is 1.51. The Balaban J connectivity index is 1.71. The van der Waals surface area contributed by atoms with Crippen molar-refractivity contribution < 1.29 is 17.9 Å². The molecule has 0 aliphatic heterocycles. The second-order valence-electron chi connectivity index (χ2n) is 6.62. The van der Waals surface area contributed by atoms with E-state index in [1.165, 1.54) is 23.9 Å². The van der Waals surface area contributed by atoms with Crippen LogP contribution in [0.4, 0.5) is 5.69 Å². The maximum Gasteiger partial charge on any atom is 0.264 e. The number of rotatable bonds is 11. The molecule has 0 unspecified atom stereocenters. The van der Waals surface area contributed by atoms with Crippen LogP contribution in [0.2, 0.25) is 0 Å². The van der Waals surface area contributed by atoms with Gasteiger partial charge in [0, 0.05) is 18.5 Å². The molecule has 0 radical (unpaired) electrons. The van der Waals surface area contributed by atoms with Crippen LogP contribution < -0.4 is 14.4 Å². The maximum atomic E-state index is 13.3. The molecule has 1 amide bonds. The highest BCUT2D eigenvalue weighted by atomic mass is 32.2. The van der Waals surface area contributed by atoms with Crippen LogP contribution in [0.5, 0.6) is 5.75 Å². The van der Waals surface area contributed by atoms with Crippen molar-refractivity contribution in [2.75, 3.05) is 29.8 Å². The highest BCUT2D eigenvalue weighted by molar-refractivity contribution is 7.99. The summed E-state index contributed by atoms with van der Waals surface area (Å²) in [4.78, 5) is 17.0. The van der Waals surface area contributed by atoms with Crippen molar-refractivity contribution in [1.82, 2.24) is 10.3 Å². The summed E-state index contributed by atoms with van der Waals surface area (Å²) in [6.45, 7) is 2.43. The quantitative estimate of drug-likeness (QED) is 0.340. The molecule has 32 heavy (non-hydrogen) atoms. The van der Waals surface area contributed by atoms with E-state index in [0.29, 0.717) is 30.3 Å². The van der Waals surface area contributed by atoms with E-state index >= 15 is 0 Å². The SMILES string of the molecule is CCOc1ccc(N(CC(=O)NCCSc2ccccn2)S(=O)(=O)c2ccccc2)cc1. The van der Waals surface area contributed by atoms with Crippen molar-refractivity contribution in [3.63, 3.8) is 0 Å². The first-order valence-electron chi connectivity index (χ1n) is 10.1. The Labute approximate surface area is 192 Å². The zero-order valence-corrected chi connectivity index (χ0v) is 19.3. The fraction of sp³-hybridized carbons (Fsp3) is 0.217. The van der Waals surface area contributed by atoms with Crippen LogP contribution in [0.25, 0.3) is 0 Å². The Kier molecular flexibility index (Phi) is 8.52. The molecule has 0 aliphatic rings. The third-order valence-electron chi connectivity index (χ3n) is 4.37. The molecule has 1 heterocycles. The number of carbonyl (C=O) groups excluding carboxylic acids is 1. The van der Waals surface area contributed by atoms with Crippen LogP contribution in [-0.4, -0.2) is 44.8 Å². The minimum atomic E-state index is -3.93. The van der Waals surface area contributed by atoms with Gasteiger partial charge >= 0.3 is 0 Å². The van der Waals surface area contributed by atoms with Crippen molar-refractivity contribution in [3.05, 3.63) is 79.0 Å². The Morgan fingerprint density at radius 1 is 1.03 bits per heavy atom. The number of hydrogen-bond acceptors (Lipinski definition) is 6. The van der Waals surface area contributed by atoms with E-state index in [1.54, 1.807) is 48.7 Å². The van der Waals surface area contributed by atoms with E-state index in [0.717, 1.165) is 9.33 Å². The summed E-state index contributed by atoms with van der Waals surface area (Å²) in [6.07, 6.45) is 1.71. The standard InChI is InChI=1S/C23H25N3O4S2/c1-2-30-20-13-11-19(12-14-20)26(32(28,29)21-8-4-3-5-9-21)18-22(27)24-16-17-31-23-10-6-7-15-25-23/h3-15H,2,16-18H2,1H3,(H,24,27). The maximum absolute atomic E-state index is 13.3. The lowest BCUT2D eigenvalue weighted by Gasteiger charge is -2.24. The molecule has 0 aliphatic carbocycles.